The Morgan fingerprint density at radius 2 is 1.67 bits per heavy atom. The lowest BCUT2D eigenvalue weighted by atomic mass is 10.1. The second-order valence-corrected chi connectivity index (χ2v) is 5.61. The minimum absolute atomic E-state index is 0.0229. The molecule has 2 rings (SSSR count). The van der Waals surface area contributed by atoms with Crippen molar-refractivity contribution in [2.24, 2.45) is 0 Å². The van der Waals surface area contributed by atoms with Gasteiger partial charge in [-0.2, -0.15) is 0 Å². The highest BCUT2D eigenvalue weighted by molar-refractivity contribution is 5.97. The van der Waals surface area contributed by atoms with E-state index in [1.54, 1.807) is 13.0 Å². The summed E-state index contributed by atoms with van der Waals surface area (Å²) in [5, 5.41) is 24.2. The molecule has 140 valence electrons. The third-order valence-electron chi connectivity index (χ3n) is 3.68. The number of nitrogens with one attached hydrogen (secondary N) is 1. The summed E-state index contributed by atoms with van der Waals surface area (Å²) >= 11 is 0. The molecule has 0 aliphatic carbocycles. The summed E-state index contributed by atoms with van der Waals surface area (Å²) in [6.07, 6.45) is 0. The third kappa shape index (κ3) is 4.63. The SMILES string of the molecule is Cc1cc(C(=O)OCC(=O)Nc2c(C)cccc2[N+](=O)[O-])ccc1[N+](=O)[O-]. The molecular weight excluding hydrogens is 358 g/mol. The molecule has 10 nitrogen and oxygen atoms in total. The first kappa shape index (κ1) is 19.5. The van der Waals surface area contributed by atoms with Gasteiger partial charge in [0.2, 0.25) is 0 Å². The van der Waals surface area contributed by atoms with E-state index in [-0.39, 0.29) is 28.2 Å². The third-order valence-corrected chi connectivity index (χ3v) is 3.68. The maximum Gasteiger partial charge on any atom is 0.338 e. The summed E-state index contributed by atoms with van der Waals surface area (Å²) in [5.74, 6) is -1.60. The first-order valence-electron chi connectivity index (χ1n) is 7.66. The van der Waals surface area contributed by atoms with E-state index in [4.69, 9.17) is 4.74 Å². The Morgan fingerprint density at radius 3 is 2.26 bits per heavy atom. The van der Waals surface area contributed by atoms with Crippen LogP contribution in [0.2, 0.25) is 0 Å². The number of para-hydroxylation sites is 1. The number of carbonyl (C=O) groups is 2. The second-order valence-electron chi connectivity index (χ2n) is 5.61. The van der Waals surface area contributed by atoms with Gasteiger partial charge in [0, 0.05) is 17.7 Å². The van der Waals surface area contributed by atoms with Gasteiger partial charge in [0.15, 0.2) is 6.61 Å². The van der Waals surface area contributed by atoms with Crippen molar-refractivity contribution in [3.8, 4) is 0 Å². The molecule has 0 aromatic heterocycles. The zero-order chi connectivity index (χ0) is 20.1. The molecule has 0 atom stereocenters. The van der Waals surface area contributed by atoms with Crippen molar-refractivity contribution in [1.82, 2.24) is 0 Å². The van der Waals surface area contributed by atoms with Gasteiger partial charge in [-0.3, -0.25) is 25.0 Å². The number of hydrogen-bond acceptors (Lipinski definition) is 7. The highest BCUT2D eigenvalue weighted by atomic mass is 16.6. The minimum Gasteiger partial charge on any atom is -0.452 e. The average Bonchev–Trinajstić information content (AvgIpc) is 2.60. The van der Waals surface area contributed by atoms with E-state index < -0.39 is 28.3 Å². The fourth-order valence-electron chi connectivity index (χ4n) is 2.34. The molecule has 2 aromatic carbocycles. The van der Waals surface area contributed by atoms with E-state index in [9.17, 15) is 29.8 Å². The Kier molecular flexibility index (Phi) is 5.81. The van der Waals surface area contributed by atoms with Gasteiger partial charge >= 0.3 is 5.97 Å². The monoisotopic (exact) mass is 373 g/mol. The van der Waals surface area contributed by atoms with Crippen molar-refractivity contribution in [2.75, 3.05) is 11.9 Å². The Bertz CT molecular complexity index is 940. The van der Waals surface area contributed by atoms with E-state index in [0.717, 1.165) is 0 Å². The maximum absolute atomic E-state index is 12.0. The molecule has 10 heteroatoms. The zero-order valence-electron chi connectivity index (χ0n) is 14.4. The van der Waals surface area contributed by atoms with Crippen molar-refractivity contribution >= 4 is 28.9 Å². The molecule has 0 bridgehead atoms. The van der Waals surface area contributed by atoms with Crippen LogP contribution in [0.5, 0.6) is 0 Å². The van der Waals surface area contributed by atoms with Crippen molar-refractivity contribution in [3.63, 3.8) is 0 Å². The van der Waals surface area contributed by atoms with Gasteiger partial charge in [0.25, 0.3) is 17.3 Å². The lowest BCUT2D eigenvalue weighted by molar-refractivity contribution is -0.385. The molecule has 1 amide bonds. The maximum atomic E-state index is 12.0. The van der Waals surface area contributed by atoms with E-state index in [1.165, 1.54) is 37.3 Å². The largest absolute Gasteiger partial charge is 0.452 e. The van der Waals surface area contributed by atoms with Gasteiger partial charge in [0.05, 0.1) is 15.4 Å². The van der Waals surface area contributed by atoms with Crippen LogP contribution in [0.1, 0.15) is 21.5 Å². The number of nitrogens with zero attached hydrogens (tertiary/aromatic N) is 2. The summed E-state index contributed by atoms with van der Waals surface area (Å²) in [5.41, 5.74) is 0.406. The van der Waals surface area contributed by atoms with Gasteiger partial charge in [0.1, 0.15) is 5.69 Å². The summed E-state index contributed by atoms with van der Waals surface area (Å²) in [6, 6.07) is 7.99. The van der Waals surface area contributed by atoms with E-state index in [1.807, 2.05) is 0 Å². The summed E-state index contributed by atoms with van der Waals surface area (Å²) in [4.78, 5) is 44.6. The Labute approximate surface area is 153 Å². The fraction of sp³-hybridized carbons (Fsp3) is 0.176. The number of ether oxygens (including phenoxy) is 1. The quantitative estimate of drug-likeness (QED) is 0.466. The van der Waals surface area contributed by atoms with Crippen LogP contribution in [-0.4, -0.2) is 28.3 Å². The predicted octanol–water partition coefficient (Wildman–Crippen LogP) is 2.92. The number of esters is 1. The van der Waals surface area contributed by atoms with E-state index in [0.29, 0.717) is 5.56 Å². The van der Waals surface area contributed by atoms with Crippen LogP contribution in [0.3, 0.4) is 0 Å². The van der Waals surface area contributed by atoms with E-state index in [2.05, 4.69) is 5.32 Å². The fourth-order valence-corrected chi connectivity index (χ4v) is 2.34. The Morgan fingerprint density at radius 1 is 1.00 bits per heavy atom. The predicted molar refractivity (Wildman–Crippen MR) is 94.6 cm³/mol. The Balaban J connectivity index is 2.04. The van der Waals surface area contributed by atoms with Crippen molar-refractivity contribution in [3.05, 3.63) is 73.3 Å². The topological polar surface area (TPSA) is 142 Å². The van der Waals surface area contributed by atoms with Crippen LogP contribution in [-0.2, 0) is 9.53 Å². The van der Waals surface area contributed by atoms with Crippen LogP contribution < -0.4 is 5.32 Å². The van der Waals surface area contributed by atoms with Crippen molar-refractivity contribution in [1.29, 1.82) is 0 Å². The number of nitro groups is 2. The average molecular weight is 373 g/mol. The number of nitro benzene ring substituents is 2. The van der Waals surface area contributed by atoms with Crippen LogP contribution in [0.15, 0.2) is 36.4 Å². The van der Waals surface area contributed by atoms with Crippen LogP contribution in [0.25, 0.3) is 0 Å². The number of rotatable bonds is 6. The second kappa shape index (κ2) is 8.04. The van der Waals surface area contributed by atoms with Crippen LogP contribution in [0, 0.1) is 34.1 Å². The molecule has 0 aliphatic heterocycles. The molecule has 2 aromatic rings. The summed E-state index contributed by atoms with van der Waals surface area (Å²) < 4.78 is 4.87. The molecule has 0 radical (unpaired) electrons. The highest BCUT2D eigenvalue weighted by Gasteiger charge is 2.19. The molecule has 0 fully saturated rings. The summed E-state index contributed by atoms with van der Waals surface area (Å²) in [7, 11) is 0. The lowest BCUT2D eigenvalue weighted by Gasteiger charge is -2.09. The number of carbonyl (C=O) groups excluding carboxylic acids is 2. The molecule has 0 saturated heterocycles. The number of benzene rings is 2. The lowest BCUT2D eigenvalue weighted by Crippen LogP contribution is -2.22. The molecule has 0 aliphatic rings. The van der Waals surface area contributed by atoms with Crippen LogP contribution in [0.4, 0.5) is 17.1 Å². The first-order chi connectivity index (χ1) is 12.7. The van der Waals surface area contributed by atoms with Gasteiger partial charge in [-0.1, -0.05) is 12.1 Å². The molecular formula is C17H15N3O7. The smallest absolute Gasteiger partial charge is 0.338 e. The zero-order valence-corrected chi connectivity index (χ0v) is 14.4. The van der Waals surface area contributed by atoms with Gasteiger partial charge in [-0.25, -0.2) is 4.79 Å². The number of aryl methyl sites for hydroxylation is 2. The van der Waals surface area contributed by atoms with Gasteiger partial charge < -0.3 is 10.1 Å². The van der Waals surface area contributed by atoms with Crippen LogP contribution >= 0.6 is 0 Å². The molecule has 0 saturated carbocycles. The first-order valence-corrected chi connectivity index (χ1v) is 7.66. The summed E-state index contributed by atoms with van der Waals surface area (Å²) in [6.45, 7) is 2.40. The van der Waals surface area contributed by atoms with Crippen molar-refractivity contribution < 1.29 is 24.2 Å². The normalized spacial score (nSPS) is 10.1. The van der Waals surface area contributed by atoms with E-state index >= 15 is 0 Å². The molecule has 1 N–H and O–H groups in total. The molecule has 0 spiro atoms. The standard InChI is InChI=1S/C17H15N3O7/c1-10-4-3-5-14(20(25)26)16(10)18-15(21)9-27-17(22)12-6-7-13(19(23)24)11(2)8-12/h3-8H,9H2,1-2H3,(H,18,21). The molecule has 0 heterocycles. The van der Waals surface area contributed by atoms with Crippen molar-refractivity contribution in [2.45, 2.75) is 13.8 Å². The minimum atomic E-state index is -0.845. The number of hydrogen-bond donors (Lipinski definition) is 1. The molecule has 0 unspecified atom stereocenters. The number of anilines is 1. The highest BCUT2D eigenvalue weighted by Crippen LogP contribution is 2.27. The van der Waals surface area contributed by atoms with Gasteiger partial charge in [-0.15, -0.1) is 0 Å². The Hall–Kier alpha value is -3.82. The molecule has 27 heavy (non-hydrogen) atoms. The van der Waals surface area contributed by atoms with Gasteiger partial charge in [-0.05, 0) is 31.5 Å². The number of amides is 1.